The molecule has 0 saturated heterocycles. The minimum atomic E-state index is 0.304. The average Bonchev–Trinajstić information content (AvgIpc) is 2.38. The molecule has 2 rings (SSSR count). The molecular formula is C13H21N3O. The van der Waals surface area contributed by atoms with E-state index >= 15 is 0 Å². The van der Waals surface area contributed by atoms with Gasteiger partial charge in [-0.05, 0) is 30.7 Å². The quantitative estimate of drug-likeness (QED) is 0.745. The van der Waals surface area contributed by atoms with Crippen LogP contribution in [0.2, 0.25) is 0 Å². The van der Waals surface area contributed by atoms with Crippen molar-refractivity contribution in [3.63, 3.8) is 0 Å². The maximum absolute atomic E-state index is 9.35. The lowest BCUT2D eigenvalue weighted by molar-refractivity contribution is 0.141. The van der Waals surface area contributed by atoms with Gasteiger partial charge in [0.15, 0.2) is 0 Å². The predicted octanol–water partition coefficient (Wildman–Crippen LogP) is 1.87. The maximum atomic E-state index is 9.35. The molecule has 1 aromatic heterocycles. The molecule has 1 aliphatic carbocycles. The van der Waals surface area contributed by atoms with Crippen LogP contribution in [0.25, 0.3) is 0 Å². The van der Waals surface area contributed by atoms with E-state index in [4.69, 9.17) is 5.73 Å². The van der Waals surface area contributed by atoms with E-state index in [-0.39, 0.29) is 0 Å². The van der Waals surface area contributed by atoms with Crippen LogP contribution >= 0.6 is 0 Å². The molecule has 0 spiro atoms. The molecule has 1 aromatic rings. The van der Waals surface area contributed by atoms with Crippen molar-refractivity contribution in [3.05, 3.63) is 18.5 Å². The second kappa shape index (κ2) is 5.87. The summed E-state index contributed by atoms with van der Waals surface area (Å²) < 4.78 is 0. The van der Waals surface area contributed by atoms with Crippen molar-refractivity contribution < 1.29 is 5.11 Å². The first-order valence-corrected chi connectivity index (χ1v) is 6.35. The van der Waals surface area contributed by atoms with Crippen LogP contribution in [0.3, 0.4) is 0 Å². The Kier molecular flexibility index (Phi) is 4.20. The molecule has 0 aliphatic heterocycles. The SMILES string of the molecule is Nc1cnccc1NCC1CCCCC1CO. The summed E-state index contributed by atoms with van der Waals surface area (Å²) in [5, 5.41) is 12.7. The number of nitrogens with zero attached hydrogens (tertiary/aromatic N) is 1. The number of rotatable bonds is 4. The van der Waals surface area contributed by atoms with E-state index in [1.807, 2.05) is 6.07 Å². The van der Waals surface area contributed by atoms with Crippen molar-refractivity contribution in [1.82, 2.24) is 4.98 Å². The fourth-order valence-corrected chi connectivity index (χ4v) is 2.60. The van der Waals surface area contributed by atoms with Crippen molar-refractivity contribution in [3.8, 4) is 0 Å². The topological polar surface area (TPSA) is 71.2 Å². The van der Waals surface area contributed by atoms with Crippen LogP contribution in [0.1, 0.15) is 25.7 Å². The van der Waals surface area contributed by atoms with E-state index in [1.165, 1.54) is 19.3 Å². The van der Waals surface area contributed by atoms with Gasteiger partial charge in [-0.25, -0.2) is 0 Å². The van der Waals surface area contributed by atoms with Gasteiger partial charge in [-0.15, -0.1) is 0 Å². The van der Waals surface area contributed by atoms with Crippen molar-refractivity contribution in [2.45, 2.75) is 25.7 Å². The van der Waals surface area contributed by atoms with E-state index in [2.05, 4.69) is 10.3 Å². The van der Waals surface area contributed by atoms with Gasteiger partial charge in [0.25, 0.3) is 0 Å². The molecule has 0 bridgehead atoms. The Labute approximate surface area is 102 Å². The van der Waals surface area contributed by atoms with Crippen LogP contribution in [-0.4, -0.2) is 23.2 Å². The fourth-order valence-electron chi connectivity index (χ4n) is 2.60. The monoisotopic (exact) mass is 235 g/mol. The number of anilines is 2. The molecule has 1 heterocycles. The Morgan fingerprint density at radius 2 is 2.12 bits per heavy atom. The summed E-state index contributed by atoms with van der Waals surface area (Å²) in [6.45, 7) is 1.19. The number of aromatic nitrogens is 1. The van der Waals surface area contributed by atoms with Crippen LogP contribution in [0.15, 0.2) is 18.5 Å². The first-order valence-electron chi connectivity index (χ1n) is 6.35. The molecular weight excluding hydrogens is 214 g/mol. The summed E-state index contributed by atoms with van der Waals surface area (Å²) in [5.74, 6) is 1.00. The molecule has 1 fully saturated rings. The smallest absolute Gasteiger partial charge is 0.0736 e. The molecule has 1 saturated carbocycles. The number of pyridine rings is 1. The minimum absolute atomic E-state index is 0.304. The van der Waals surface area contributed by atoms with Gasteiger partial charge >= 0.3 is 0 Å². The summed E-state index contributed by atoms with van der Waals surface area (Å²) in [5.41, 5.74) is 7.46. The van der Waals surface area contributed by atoms with Gasteiger partial charge in [-0.1, -0.05) is 12.8 Å². The Bertz CT molecular complexity index is 356. The summed E-state index contributed by atoms with van der Waals surface area (Å²) in [7, 11) is 0. The largest absolute Gasteiger partial charge is 0.396 e. The van der Waals surface area contributed by atoms with Gasteiger partial charge in [0, 0.05) is 19.3 Å². The number of nitrogens with one attached hydrogen (secondary N) is 1. The van der Waals surface area contributed by atoms with Crippen LogP contribution in [0.4, 0.5) is 11.4 Å². The highest BCUT2D eigenvalue weighted by Crippen LogP contribution is 2.30. The highest BCUT2D eigenvalue weighted by molar-refractivity contribution is 5.64. The van der Waals surface area contributed by atoms with Gasteiger partial charge in [0.2, 0.25) is 0 Å². The third-order valence-corrected chi connectivity index (χ3v) is 3.71. The van der Waals surface area contributed by atoms with Gasteiger partial charge in [0.05, 0.1) is 17.6 Å². The molecule has 0 radical (unpaired) electrons. The van der Waals surface area contributed by atoms with Crippen molar-refractivity contribution in [2.24, 2.45) is 11.8 Å². The zero-order valence-electron chi connectivity index (χ0n) is 10.1. The van der Waals surface area contributed by atoms with Crippen LogP contribution in [0.5, 0.6) is 0 Å². The van der Waals surface area contributed by atoms with Crippen LogP contribution < -0.4 is 11.1 Å². The second-order valence-corrected chi connectivity index (χ2v) is 4.83. The Morgan fingerprint density at radius 3 is 2.82 bits per heavy atom. The van der Waals surface area contributed by atoms with E-state index in [0.717, 1.165) is 18.7 Å². The summed E-state index contributed by atoms with van der Waals surface area (Å²) in [6.07, 6.45) is 8.27. The van der Waals surface area contributed by atoms with Crippen molar-refractivity contribution in [2.75, 3.05) is 24.2 Å². The van der Waals surface area contributed by atoms with Crippen LogP contribution in [0, 0.1) is 11.8 Å². The average molecular weight is 235 g/mol. The maximum Gasteiger partial charge on any atom is 0.0736 e. The molecule has 4 nitrogen and oxygen atoms in total. The Balaban J connectivity index is 1.90. The third kappa shape index (κ3) is 3.09. The number of nitrogens with two attached hydrogens (primary N) is 1. The number of aliphatic hydroxyl groups is 1. The summed E-state index contributed by atoms with van der Waals surface area (Å²) in [4.78, 5) is 3.97. The van der Waals surface area contributed by atoms with Crippen molar-refractivity contribution in [1.29, 1.82) is 0 Å². The molecule has 2 unspecified atom stereocenters. The molecule has 2 atom stereocenters. The summed E-state index contributed by atoms with van der Waals surface area (Å²) >= 11 is 0. The molecule has 4 N–H and O–H groups in total. The second-order valence-electron chi connectivity index (χ2n) is 4.83. The van der Waals surface area contributed by atoms with Crippen LogP contribution in [-0.2, 0) is 0 Å². The zero-order chi connectivity index (χ0) is 12.1. The first-order chi connectivity index (χ1) is 8.31. The molecule has 94 valence electrons. The van der Waals surface area contributed by atoms with E-state index < -0.39 is 0 Å². The van der Waals surface area contributed by atoms with Gasteiger partial charge in [-0.3, -0.25) is 4.98 Å². The lowest BCUT2D eigenvalue weighted by atomic mass is 9.79. The molecule has 17 heavy (non-hydrogen) atoms. The van der Waals surface area contributed by atoms with E-state index in [9.17, 15) is 5.11 Å². The molecule has 0 amide bonds. The summed E-state index contributed by atoms with van der Waals surface area (Å²) in [6, 6.07) is 1.89. The standard InChI is InChI=1S/C13H21N3O/c14-12-8-15-6-5-13(12)16-7-10-3-1-2-4-11(10)9-17/h5-6,8,10-11,17H,1-4,7,9,14H2,(H,15,16). The molecule has 4 heteroatoms. The molecule has 0 aromatic carbocycles. The van der Waals surface area contributed by atoms with E-state index in [0.29, 0.717) is 24.1 Å². The van der Waals surface area contributed by atoms with E-state index in [1.54, 1.807) is 12.4 Å². The van der Waals surface area contributed by atoms with Gasteiger partial charge in [0.1, 0.15) is 0 Å². The van der Waals surface area contributed by atoms with Gasteiger partial charge in [-0.2, -0.15) is 0 Å². The zero-order valence-corrected chi connectivity index (χ0v) is 10.1. The lowest BCUT2D eigenvalue weighted by Crippen LogP contribution is -2.28. The van der Waals surface area contributed by atoms with Gasteiger partial charge < -0.3 is 16.2 Å². The Morgan fingerprint density at radius 1 is 1.35 bits per heavy atom. The molecule has 1 aliphatic rings. The van der Waals surface area contributed by atoms with Crippen molar-refractivity contribution >= 4 is 11.4 Å². The first kappa shape index (κ1) is 12.2. The number of hydrogen-bond donors (Lipinski definition) is 3. The fraction of sp³-hybridized carbons (Fsp3) is 0.615. The predicted molar refractivity (Wildman–Crippen MR) is 69.7 cm³/mol. The highest BCUT2D eigenvalue weighted by Gasteiger charge is 2.24. The number of nitrogen functional groups attached to an aromatic ring is 1. The Hall–Kier alpha value is -1.29. The highest BCUT2D eigenvalue weighted by atomic mass is 16.3. The third-order valence-electron chi connectivity index (χ3n) is 3.71. The number of aliphatic hydroxyl groups excluding tert-OH is 1. The number of hydrogen-bond acceptors (Lipinski definition) is 4. The normalized spacial score (nSPS) is 24.5. The lowest BCUT2D eigenvalue weighted by Gasteiger charge is -2.30. The minimum Gasteiger partial charge on any atom is -0.396 e.